The van der Waals surface area contributed by atoms with E-state index in [1.165, 1.54) is 45.1 Å². The van der Waals surface area contributed by atoms with E-state index in [4.69, 9.17) is 0 Å². The molecule has 2 N–H and O–H groups in total. The molecule has 1 aromatic rings. The second-order valence-electron chi connectivity index (χ2n) is 7.55. The zero-order chi connectivity index (χ0) is 17.1. The van der Waals surface area contributed by atoms with Gasteiger partial charge in [0.05, 0.1) is 11.9 Å². The minimum atomic E-state index is -0.107. The van der Waals surface area contributed by atoms with Crippen LogP contribution in [0, 0.1) is 0 Å². The van der Waals surface area contributed by atoms with Crippen molar-refractivity contribution < 1.29 is 4.79 Å². The van der Waals surface area contributed by atoms with E-state index in [2.05, 4.69) is 25.4 Å². The van der Waals surface area contributed by atoms with Crippen LogP contribution < -0.4 is 15.5 Å². The molecule has 0 aromatic carbocycles. The van der Waals surface area contributed by atoms with Gasteiger partial charge in [-0.2, -0.15) is 0 Å². The van der Waals surface area contributed by atoms with E-state index in [0.29, 0.717) is 6.04 Å². The molecule has 4 rings (SSSR count). The van der Waals surface area contributed by atoms with Gasteiger partial charge in [0, 0.05) is 31.7 Å². The van der Waals surface area contributed by atoms with Crippen LogP contribution in [0.1, 0.15) is 44.9 Å². The van der Waals surface area contributed by atoms with E-state index in [1.54, 1.807) is 6.20 Å². The Balaban J connectivity index is 1.30. The largest absolute Gasteiger partial charge is 0.357 e. The van der Waals surface area contributed by atoms with Crippen LogP contribution in [-0.2, 0) is 0 Å². The Bertz CT molecular complexity index is 584. The molecule has 2 atom stereocenters. The fraction of sp³-hybridized carbons (Fsp3) is 0.684. The number of fused-ring (bicyclic) bond motifs is 1. The summed E-state index contributed by atoms with van der Waals surface area (Å²) >= 11 is 0. The van der Waals surface area contributed by atoms with Gasteiger partial charge >= 0.3 is 6.03 Å². The number of carbonyl (C=O) groups excluding carboxylic acids is 1. The molecular weight excluding hydrogens is 314 g/mol. The fourth-order valence-electron chi connectivity index (χ4n) is 4.52. The molecule has 3 aliphatic heterocycles. The van der Waals surface area contributed by atoms with Crippen molar-refractivity contribution in [3.05, 3.63) is 18.3 Å². The number of carbonyl (C=O) groups is 1. The maximum atomic E-state index is 12.4. The first-order chi connectivity index (χ1) is 12.3. The Morgan fingerprint density at radius 2 is 1.84 bits per heavy atom. The number of anilines is 2. The molecule has 4 heterocycles. The zero-order valence-corrected chi connectivity index (χ0v) is 14.9. The topological polar surface area (TPSA) is 60.5 Å². The molecular formula is C19H29N5O. The molecule has 6 nitrogen and oxygen atoms in total. The van der Waals surface area contributed by atoms with E-state index >= 15 is 0 Å². The van der Waals surface area contributed by atoms with Gasteiger partial charge < -0.3 is 15.5 Å². The van der Waals surface area contributed by atoms with E-state index < -0.39 is 0 Å². The third-order valence-electron chi connectivity index (χ3n) is 5.86. The first-order valence-electron chi connectivity index (χ1n) is 9.82. The van der Waals surface area contributed by atoms with Crippen LogP contribution in [0.3, 0.4) is 0 Å². The first-order valence-corrected chi connectivity index (χ1v) is 9.82. The predicted octanol–water partition coefficient (Wildman–Crippen LogP) is 2.82. The smallest absolute Gasteiger partial charge is 0.319 e. The Labute approximate surface area is 150 Å². The van der Waals surface area contributed by atoms with Crippen LogP contribution in [0.4, 0.5) is 16.3 Å². The second-order valence-corrected chi connectivity index (χ2v) is 7.55. The van der Waals surface area contributed by atoms with Gasteiger partial charge in [0.2, 0.25) is 0 Å². The standard InChI is InChI=1S/C19H29N5O/c25-19(22-16-9-13-23-10-5-2-6-17(16)23)21-15-7-8-18(20-14-15)24-11-3-1-4-12-24/h7-8,14,16-17H,1-6,9-13H2,(H2,21,22,25)/t16-,17-/m0/s1. The maximum Gasteiger partial charge on any atom is 0.319 e. The normalized spacial score (nSPS) is 27.0. The predicted molar refractivity (Wildman–Crippen MR) is 100 cm³/mol. The quantitative estimate of drug-likeness (QED) is 0.886. The average molecular weight is 343 g/mol. The van der Waals surface area contributed by atoms with Gasteiger partial charge in [-0.05, 0) is 57.2 Å². The Kier molecular flexibility index (Phi) is 5.06. The van der Waals surface area contributed by atoms with E-state index in [0.717, 1.165) is 37.6 Å². The van der Waals surface area contributed by atoms with Crippen LogP contribution in [-0.4, -0.2) is 54.2 Å². The number of hydrogen-bond donors (Lipinski definition) is 2. The molecule has 2 amide bonds. The third kappa shape index (κ3) is 3.89. The van der Waals surface area contributed by atoms with Crippen molar-refractivity contribution in [1.29, 1.82) is 0 Å². The molecule has 136 valence electrons. The van der Waals surface area contributed by atoms with Crippen LogP contribution in [0.2, 0.25) is 0 Å². The van der Waals surface area contributed by atoms with Crippen molar-refractivity contribution in [1.82, 2.24) is 15.2 Å². The number of piperidine rings is 2. The summed E-state index contributed by atoms with van der Waals surface area (Å²) in [7, 11) is 0. The minimum absolute atomic E-state index is 0.107. The summed E-state index contributed by atoms with van der Waals surface area (Å²) in [6.07, 6.45) is 10.4. The lowest BCUT2D eigenvalue weighted by molar-refractivity contribution is 0.180. The van der Waals surface area contributed by atoms with E-state index in [9.17, 15) is 4.79 Å². The molecule has 0 unspecified atom stereocenters. The minimum Gasteiger partial charge on any atom is -0.357 e. The van der Waals surface area contributed by atoms with Crippen LogP contribution in [0.25, 0.3) is 0 Å². The lowest BCUT2D eigenvalue weighted by Crippen LogP contribution is -2.47. The molecule has 0 radical (unpaired) electrons. The number of nitrogens with one attached hydrogen (secondary N) is 2. The Hall–Kier alpha value is -1.82. The first kappa shape index (κ1) is 16.6. The highest BCUT2D eigenvalue weighted by molar-refractivity contribution is 5.89. The molecule has 1 aromatic heterocycles. The Morgan fingerprint density at radius 3 is 2.64 bits per heavy atom. The summed E-state index contributed by atoms with van der Waals surface area (Å²) in [5.41, 5.74) is 0.761. The summed E-state index contributed by atoms with van der Waals surface area (Å²) in [6.45, 7) is 4.47. The molecule has 0 aliphatic carbocycles. The van der Waals surface area contributed by atoms with Crippen LogP contribution >= 0.6 is 0 Å². The zero-order valence-electron chi connectivity index (χ0n) is 14.9. The summed E-state index contributed by atoms with van der Waals surface area (Å²) in [5, 5.41) is 6.12. The molecule has 25 heavy (non-hydrogen) atoms. The number of urea groups is 1. The maximum absolute atomic E-state index is 12.4. The molecule has 3 fully saturated rings. The molecule has 0 spiro atoms. The third-order valence-corrected chi connectivity index (χ3v) is 5.86. The molecule has 6 heteroatoms. The number of rotatable bonds is 3. The molecule has 3 saturated heterocycles. The average Bonchev–Trinajstić information content (AvgIpc) is 3.06. The number of nitrogens with zero attached hydrogens (tertiary/aromatic N) is 3. The SMILES string of the molecule is O=C(Nc1ccc(N2CCCCC2)nc1)N[C@H]1CCN2CCCC[C@@H]12. The Morgan fingerprint density at radius 1 is 1.00 bits per heavy atom. The van der Waals surface area contributed by atoms with Crippen LogP contribution in [0.15, 0.2) is 18.3 Å². The summed E-state index contributed by atoms with van der Waals surface area (Å²) < 4.78 is 0. The van der Waals surface area contributed by atoms with E-state index in [1.807, 2.05) is 12.1 Å². The van der Waals surface area contributed by atoms with Crippen molar-refractivity contribution in [2.75, 3.05) is 36.4 Å². The van der Waals surface area contributed by atoms with Gasteiger partial charge in [0.1, 0.15) is 5.82 Å². The number of pyridine rings is 1. The van der Waals surface area contributed by atoms with Gasteiger partial charge in [-0.25, -0.2) is 9.78 Å². The fourth-order valence-corrected chi connectivity index (χ4v) is 4.52. The lowest BCUT2D eigenvalue weighted by Gasteiger charge is -2.32. The van der Waals surface area contributed by atoms with Gasteiger partial charge in [-0.15, -0.1) is 0 Å². The van der Waals surface area contributed by atoms with Gasteiger partial charge in [-0.1, -0.05) is 6.42 Å². The number of hydrogen-bond acceptors (Lipinski definition) is 4. The highest BCUT2D eigenvalue weighted by atomic mass is 16.2. The molecule has 0 saturated carbocycles. The summed E-state index contributed by atoms with van der Waals surface area (Å²) in [5.74, 6) is 1.01. The number of aromatic nitrogens is 1. The summed E-state index contributed by atoms with van der Waals surface area (Å²) in [6, 6.07) is 4.67. The van der Waals surface area contributed by atoms with Crippen molar-refractivity contribution in [2.45, 2.75) is 57.0 Å². The highest BCUT2D eigenvalue weighted by Gasteiger charge is 2.36. The van der Waals surface area contributed by atoms with Crippen molar-refractivity contribution in [3.63, 3.8) is 0 Å². The van der Waals surface area contributed by atoms with Crippen molar-refractivity contribution >= 4 is 17.5 Å². The monoisotopic (exact) mass is 343 g/mol. The van der Waals surface area contributed by atoms with Gasteiger partial charge in [-0.3, -0.25) is 4.90 Å². The lowest BCUT2D eigenvalue weighted by atomic mass is 9.99. The van der Waals surface area contributed by atoms with E-state index in [-0.39, 0.29) is 12.1 Å². The van der Waals surface area contributed by atoms with Crippen LogP contribution in [0.5, 0.6) is 0 Å². The second kappa shape index (κ2) is 7.60. The van der Waals surface area contributed by atoms with Gasteiger partial charge in [0.25, 0.3) is 0 Å². The summed E-state index contributed by atoms with van der Waals surface area (Å²) in [4.78, 5) is 21.7. The van der Waals surface area contributed by atoms with Crippen molar-refractivity contribution in [3.8, 4) is 0 Å². The molecule has 3 aliphatic rings. The van der Waals surface area contributed by atoms with Gasteiger partial charge in [0.15, 0.2) is 0 Å². The van der Waals surface area contributed by atoms with Crippen molar-refractivity contribution in [2.24, 2.45) is 0 Å². The molecule has 0 bridgehead atoms. The number of amides is 2. The highest BCUT2D eigenvalue weighted by Crippen LogP contribution is 2.27.